The fourth-order valence-corrected chi connectivity index (χ4v) is 5.20. The summed E-state index contributed by atoms with van der Waals surface area (Å²) in [6.45, 7) is 3.36. The maximum Gasteiger partial charge on any atom is 0.243 e. The molecule has 1 amide bonds. The largest absolute Gasteiger partial charge is 0.482 e. The molecule has 0 atom stereocenters. The molecule has 2 aromatic carbocycles. The van der Waals surface area contributed by atoms with Crippen LogP contribution in [0.2, 0.25) is 0 Å². The lowest BCUT2D eigenvalue weighted by Gasteiger charge is -2.33. The van der Waals surface area contributed by atoms with Gasteiger partial charge in [0.25, 0.3) is 0 Å². The van der Waals surface area contributed by atoms with Gasteiger partial charge in [-0.25, -0.2) is 12.8 Å². The number of halogens is 1. The number of amides is 1. The number of nitrogens with one attached hydrogen (secondary N) is 1. The van der Waals surface area contributed by atoms with Crippen molar-refractivity contribution in [2.75, 3.05) is 31.5 Å². The monoisotopic (exact) mass is 515 g/mol. The highest BCUT2D eigenvalue weighted by molar-refractivity contribution is 7.89. The predicted octanol–water partition coefficient (Wildman–Crippen LogP) is 2.82. The number of benzene rings is 2. The Kier molecular flexibility index (Phi) is 7.82. The third kappa shape index (κ3) is 6.36. The number of hydrogen-bond acceptors (Lipinski definition) is 7. The van der Waals surface area contributed by atoms with Crippen molar-refractivity contribution in [3.8, 4) is 5.75 Å². The molecule has 0 spiro atoms. The molecular weight excluding hydrogens is 489 g/mol. The summed E-state index contributed by atoms with van der Waals surface area (Å²) in [7, 11) is -3.66. The third-order valence-corrected chi connectivity index (χ3v) is 7.60. The minimum atomic E-state index is -3.66. The van der Waals surface area contributed by atoms with E-state index in [9.17, 15) is 22.4 Å². The Labute approximate surface area is 208 Å². The van der Waals surface area contributed by atoms with Crippen LogP contribution in [-0.2, 0) is 28.0 Å². The van der Waals surface area contributed by atoms with E-state index in [0.717, 1.165) is 5.56 Å². The highest BCUT2D eigenvalue weighted by atomic mass is 32.2. The molecule has 3 aromatic rings. The molecule has 1 aliphatic heterocycles. The molecule has 1 aliphatic rings. The first-order valence-electron chi connectivity index (χ1n) is 11.3. The lowest BCUT2D eigenvalue weighted by molar-refractivity contribution is -0.114. The Morgan fingerprint density at radius 1 is 1.06 bits per heavy atom. The molecule has 0 saturated carbocycles. The molecule has 11 heteroatoms. The lowest BCUT2D eigenvalue weighted by atomic mass is 10.2. The van der Waals surface area contributed by atoms with Crippen LogP contribution in [0.25, 0.3) is 0 Å². The van der Waals surface area contributed by atoms with Crippen molar-refractivity contribution in [3.05, 3.63) is 88.2 Å². The lowest BCUT2D eigenvalue weighted by Crippen LogP contribution is -2.48. The van der Waals surface area contributed by atoms with Gasteiger partial charge < -0.3 is 14.5 Å². The SMILES string of the molecule is CC(=O)Nc1ccc(S(=O)(=O)N2CCN(Cc3cc(=O)c(OCc4ccc(F)cc4)co3)CC2)cc1. The van der Waals surface area contributed by atoms with Crippen LogP contribution in [0.5, 0.6) is 5.75 Å². The van der Waals surface area contributed by atoms with Gasteiger partial charge in [0.1, 0.15) is 24.4 Å². The maximum absolute atomic E-state index is 13.0. The summed E-state index contributed by atoms with van der Waals surface area (Å²) in [5.74, 6) is -0.0781. The van der Waals surface area contributed by atoms with Crippen molar-refractivity contribution in [3.63, 3.8) is 0 Å². The molecule has 190 valence electrons. The fourth-order valence-electron chi connectivity index (χ4n) is 3.78. The number of rotatable bonds is 8. The molecule has 9 nitrogen and oxygen atoms in total. The molecule has 1 fully saturated rings. The molecular formula is C25H26FN3O6S. The fraction of sp³-hybridized carbons (Fsp3) is 0.280. The van der Waals surface area contributed by atoms with E-state index in [1.165, 1.54) is 47.8 Å². The summed E-state index contributed by atoms with van der Waals surface area (Å²) in [4.78, 5) is 25.7. The van der Waals surface area contributed by atoms with Crippen LogP contribution in [0.15, 0.2) is 75.0 Å². The van der Waals surface area contributed by atoms with Crippen molar-refractivity contribution >= 4 is 21.6 Å². The molecule has 0 aliphatic carbocycles. The van der Waals surface area contributed by atoms with E-state index >= 15 is 0 Å². The summed E-state index contributed by atoms with van der Waals surface area (Å²) in [5, 5.41) is 2.61. The first-order chi connectivity index (χ1) is 17.2. The zero-order valence-corrected chi connectivity index (χ0v) is 20.5. The minimum Gasteiger partial charge on any atom is -0.482 e. The topological polar surface area (TPSA) is 109 Å². The average molecular weight is 516 g/mol. The Morgan fingerprint density at radius 3 is 2.33 bits per heavy atom. The van der Waals surface area contributed by atoms with Gasteiger partial charge in [-0.2, -0.15) is 4.31 Å². The zero-order chi connectivity index (χ0) is 25.7. The molecule has 1 saturated heterocycles. The highest BCUT2D eigenvalue weighted by Gasteiger charge is 2.28. The van der Waals surface area contributed by atoms with E-state index in [1.54, 1.807) is 24.3 Å². The Bertz CT molecular complexity index is 1370. The van der Waals surface area contributed by atoms with Crippen LogP contribution >= 0.6 is 0 Å². The number of carbonyl (C=O) groups excluding carboxylic acids is 1. The van der Waals surface area contributed by atoms with Crippen LogP contribution in [-0.4, -0.2) is 49.7 Å². The van der Waals surface area contributed by atoms with Gasteiger partial charge >= 0.3 is 0 Å². The molecule has 0 radical (unpaired) electrons. The van der Waals surface area contributed by atoms with Crippen LogP contribution in [0.4, 0.5) is 10.1 Å². The van der Waals surface area contributed by atoms with Gasteiger partial charge in [0.15, 0.2) is 0 Å². The van der Waals surface area contributed by atoms with Gasteiger partial charge in [0.05, 0.1) is 11.4 Å². The van der Waals surface area contributed by atoms with Gasteiger partial charge in [-0.3, -0.25) is 14.5 Å². The number of nitrogens with zero attached hydrogens (tertiary/aromatic N) is 2. The van der Waals surface area contributed by atoms with Gasteiger partial charge in [-0.15, -0.1) is 0 Å². The van der Waals surface area contributed by atoms with Gasteiger partial charge in [-0.1, -0.05) is 12.1 Å². The maximum atomic E-state index is 13.0. The Morgan fingerprint density at radius 2 is 1.72 bits per heavy atom. The van der Waals surface area contributed by atoms with E-state index in [-0.39, 0.29) is 34.4 Å². The summed E-state index contributed by atoms with van der Waals surface area (Å²) in [6, 6.07) is 13.2. The molecule has 0 unspecified atom stereocenters. The number of anilines is 1. The standard InChI is InChI=1S/C25H26FN3O6S/c1-18(30)27-21-6-8-23(9-7-21)36(32,33)29-12-10-28(11-13-29)15-22-14-24(31)25(17-34-22)35-16-19-2-4-20(26)5-3-19/h2-9,14,17H,10-13,15-16H2,1H3,(H,27,30). The van der Waals surface area contributed by atoms with E-state index < -0.39 is 10.0 Å². The summed E-state index contributed by atoms with van der Waals surface area (Å²) < 4.78 is 51.4. The summed E-state index contributed by atoms with van der Waals surface area (Å²) >= 11 is 0. The van der Waals surface area contributed by atoms with Crippen LogP contribution in [0.1, 0.15) is 18.2 Å². The average Bonchev–Trinajstić information content (AvgIpc) is 2.85. The molecule has 0 bridgehead atoms. The number of carbonyl (C=O) groups is 1. The molecule has 36 heavy (non-hydrogen) atoms. The number of ether oxygens (including phenoxy) is 1. The third-order valence-electron chi connectivity index (χ3n) is 5.68. The second kappa shape index (κ2) is 11.0. The summed E-state index contributed by atoms with van der Waals surface area (Å²) in [6.07, 6.45) is 1.26. The predicted molar refractivity (Wildman–Crippen MR) is 130 cm³/mol. The van der Waals surface area contributed by atoms with E-state index in [2.05, 4.69) is 5.32 Å². The van der Waals surface area contributed by atoms with Gasteiger partial charge in [-0.05, 0) is 42.0 Å². The van der Waals surface area contributed by atoms with Crippen molar-refractivity contribution in [2.45, 2.75) is 25.0 Å². The number of sulfonamides is 1. The van der Waals surface area contributed by atoms with Crippen molar-refractivity contribution in [1.29, 1.82) is 0 Å². The minimum absolute atomic E-state index is 0.0588. The molecule has 1 N–H and O–H groups in total. The quantitative estimate of drug-likeness (QED) is 0.491. The first kappa shape index (κ1) is 25.5. The van der Waals surface area contributed by atoms with Crippen LogP contribution < -0.4 is 15.5 Å². The molecule has 4 rings (SSSR count). The smallest absolute Gasteiger partial charge is 0.243 e. The summed E-state index contributed by atoms with van der Waals surface area (Å²) in [5.41, 5.74) is 0.915. The van der Waals surface area contributed by atoms with Crippen molar-refractivity contribution < 1.29 is 26.8 Å². The van der Waals surface area contributed by atoms with Crippen LogP contribution in [0.3, 0.4) is 0 Å². The molecule has 1 aromatic heterocycles. The van der Waals surface area contributed by atoms with Crippen molar-refractivity contribution in [1.82, 2.24) is 9.21 Å². The Balaban J connectivity index is 1.30. The molecule has 2 heterocycles. The second-order valence-electron chi connectivity index (χ2n) is 8.38. The highest BCUT2D eigenvalue weighted by Crippen LogP contribution is 2.21. The zero-order valence-electron chi connectivity index (χ0n) is 19.6. The van der Waals surface area contributed by atoms with Gasteiger partial charge in [0, 0.05) is 44.9 Å². The number of hydrogen-bond donors (Lipinski definition) is 1. The van der Waals surface area contributed by atoms with E-state index in [1.807, 2.05) is 4.90 Å². The number of piperazine rings is 1. The normalized spacial score (nSPS) is 14.9. The second-order valence-corrected chi connectivity index (χ2v) is 10.3. The van der Waals surface area contributed by atoms with Crippen LogP contribution in [0, 0.1) is 5.82 Å². The van der Waals surface area contributed by atoms with Gasteiger partial charge in [0.2, 0.25) is 27.1 Å². The Hall–Kier alpha value is -3.54. The van der Waals surface area contributed by atoms with E-state index in [4.69, 9.17) is 9.15 Å². The van der Waals surface area contributed by atoms with Crippen molar-refractivity contribution in [2.24, 2.45) is 0 Å². The first-order valence-corrected chi connectivity index (χ1v) is 12.7. The van der Waals surface area contributed by atoms with E-state index in [0.29, 0.717) is 44.2 Å².